The van der Waals surface area contributed by atoms with Crippen molar-refractivity contribution in [1.82, 2.24) is 29.7 Å². The van der Waals surface area contributed by atoms with E-state index in [1.807, 2.05) is 25.1 Å². The number of nitrogens with zero attached hydrogens (tertiary/aromatic N) is 6. The molecule has 0 saturated carbocycles. The number of rotatable bonds is 4. The summed E-state index contributed by atoms with van der Waals surface area (Å²) in [5.41, 5.74) is 5.57. The van der Waals surface area contributed by atoms with E-state index in [0.29, 0.717) is 24.1 Å². The highest BCUT2D eigenvalue weighted by atomic mass is 35.5. The first-order valence-corrected chi connectivity index (χ1v) is 13.0. The number of imidazole rings is 1. The lowest BCUT2D eigenvalue weighted by Crippen LogP contribution is -2.36. The standard InChI is InChI=1S/C27H26ClN7O2/c1-16-30-26(33-32-16)19-14-17(34-9-12-36-13-10-34)15-22-25(19)31-27(23-6-3-11-37-23)35(22)21-7-8-29-24-18(21)4-2-5-20(24)28/h2,4-5,7-8,14-15,23H,3,6,9-13H2,1H3,(H,30,32,33). The maximum Gasteiger partial charge on any atom is 0.163 e. The lowest BCUT2D eigenvalue weighted by atomic mass is 10.1. The number of halogens is 1. The molecule has 0 aliphatic carbocycles. The highest BCUT2D eigenvalue weighted by Crippen LogP contribution is 2.40. The molecule has 0 amide bonds. The normalized spacial score (nSPS) is 18.3. The molecule has 2 aliphatic heterocycles. The van der Waals surface area contributed by atoms with Gasteiger partial charge in [-0.25, -0.2) is 4.98 Å². The summed E-state index contributed by atoms with van der Waals surface area (Å²) in [5, 5.41) is 10.3. The van der Waals surface area contributed by atoms with Gasteiger partial charge in [-0.3, -0.25) is 9.55 Å². The summed E-state index contributed by atoms with van der Waals surface area (Å²) in [4.78, 5) is 15.5. The van der Waals surface area contributed by atoms with E-state index < -0.39 is 0 Å². The smallest absolute Gasteiger partial charge is 0.163 e. The van der Waals surface area contributed by atoms with Crippen molar-refractivity contribution in [2.24, 2.45) is 0 Å². The minimum absolute atomic E-state index is 0.106. The third-order valence-electron chi connectivity index (χ3n) is 7.16. The van der Waals surface area contributed by atoms with E-state index in [1.54, 1.807) is 6.20 Å². The van der Waals surface area contributed by atoms with E-state index in [2.05, 4.69) is 47.8 Å². The fourth-order valence-corrected chi connectivity index (χ4v) is 5.63. The van der Waals surface area contributed by atoms with Crippen LogP contribution in [0.15, 0.2) is 42.6 Å². The zero-order chi connectivity index (χ0) is 24.9. The first-order chi connectivity index (χ1) is 18.2. The Morgan fingerprint density at radius 2 is 1.95 bits per heavy atom. The number of aryl methyl sites for hydroxylation is 1. The maximum atomic E-state index is 6.56. The highest BCUT2D eigenvalue weighted by molar-refractivity contribution is 6.35. The van der Waals surface area contributed by atoms with Crippen molar-refractivity contribution in [1.29, 1.82) is 0 Å². The van der Waals surface area contributed by atoms with Crippen LogP contribution < -0.4 is 4.90 Å². The monoisotopic (exact) mass is 515 g/mol. The number of H-pyrrole nitrogens is 1. The minimum atomic E-state index is -0.106. The Morgan fingerprint density at radius 3 is 2.73 bits per heavy atom. The molecule has 2 aliphatic rings. The molecular formula is C27H26ClN7O2. The second-order valence-corrected chi connectivity index (χ2v) is 9.90. The predicted octanol–water partition coefficient (Wildman–Crippen LogP) is 5.01. The Kier molecular flexibility index (Phi) is 5.57. The van der Waals surface area contributed by atoms with Crippen molar-refractivity contribution in [2.75, 3.05) is 37.8 Å². The molecule has 10 heteroatoms. The van der Waals surface area contributed by atoms with Gasteiger partial charge in [0, 0.05) is 42.5 Å². The van der Waals surface area contributed by atoms with Gasteiger partial charge in [0.1, 0.15) is 23.3 Å². The predicted molar refractivity (Wildman–Crippen MR) is 142 cm³/mol. The molecular weight excluding hydrogens is 490 g/mol. The Bertz CT molecular complexity index is 1620. The summed E-state index contributed by atoms with van der Waals surface area (Å²) in [6.07, 6.45) is 3.62. The van der Waals surface area contributed by atoms with Crippen LogP contribution in [-0.4, -0.2) is 62.6 Å². The zero-order valence-corrected chi connectivity index (χ0v) is 21.2. The molecule has 0 radical (unpaired) electrons. The summed E-state index contributed by atoms with van der Waals surface area (Å²) >= 11 is 6.56. The number of hydrogen-bond donors (Lipinski definition) is 1. The summed E-state index contributed by atoms with van der Waals surface area (Å²) < 4.78 is 14.0. The average Bonchev–Trinajstić information content (AvgIpc) is 3.68. The molecule has 5 heterocycles. The number of anilines is 1. The van der Waals surface area contributed by atoms with Crippen molar-refractivity contribution < 1.29 is 9.47 Å². The lowest BCUT2D eigenvalue weighted by molar-refractivity contribution is 0.104. The molecule has 3 aromatic heterocycles. The Hall–Kier alpha value is -3.53. The minimum Gasteiger partial charge on any atom is -0.378 e. The second-order valence-electron chi connectivity index (χ2n) is 9.49. The molecule has 37 heavy (non-hydrogen) atoms. The van der Waals surface area contributed by atoms with Gasteiger partial charge < -0.3 is 19.4 Å². The first-order valence-electron chi connectivity index (χ1n) is 12.6. The Labute approximate surface area is 218 Å². The van der Waals surface area contributed by atoms with Gasteiger partial charge in [-0.2, -0.15) is 0 Å². The van der Waals surface area contributed by atoms with Crippen LogP contribution in [-0.2, 0) is 9.47 Å². The maximum absolute atomic E-state index is 6.56. The van der Waals surface area contributed by atoms with E-state index in [0.717, 1.165) is 83.1 Å². The highest BCUT2D eigenvalue weighted by Gasteiger charge is 2.29. The van der Waals surface area contributed by atoms with Crippen LogP contribution in [0.5, 0.6) is 0 Å². The SMILES string of the molecule is Cc1nnc(-c2cc(N3CCOCC3)cc3c2nc(C2CCCO2)n3-c2ccnc3c(Cl)cccc23)[nH]1. The van der Waals surface area contributed by atoms with Gasteiger partial charge in [0.25, 0.3) is 0 Å². The average molecular weight is 516 g/mol. The number of para-hydroxylation sites is 1. The fraction of sp³-hybridized carbons (Fsp3) is 0.333. The van der Waals surface area contributed by atoms with E-state index in [1.165, 1.54) is 0 Å². The third kappa shape index (κ3) is 3.85. The van der Waals surface area contributed by atoms with E-state index in [9.17, 15) is 0 Å². The van der Waals surface area contributed by atoms with Gasteiger partial charge in [-0.15, -0.1) is 10.2 Å². The largest absolute Gasteiger partial charge is 0.378 e. The third-order valence-corrected chi connectivity index (χ3v) is 7.46. The van der Waals surface area contributed by atoms with Crippen molar-refractivity contribution in [3.05, 3.63) is 59.3 Å². The molecule has 0 spiro atoms. The van der Waals surface area contributed by atoms with Gasteiger partial charge >= 0.3 is 0 Å². The topological polar surface area (TPSA) is 94.0 Å². The fourth-order valence-electron chi connectivity index (χ4n) is 5.40. The van der Waals surface area contributed by atoms with Crippen molar-refractivity contribution in [3.8, 4) is 17.1 Å². The molecule has 2 aromatic carbocycles. The molecule has 1 unspecified atom stereocenters. The number of nitrogens with one attached hydrogen (secondary N) is 1. The van der Waals surface area contributed by atoms with Gasteiger partial charge in [0.15, 0.2) is 5.82 Å². The number of morpholine rings is 1. The zero-order valence-electron chi connectivity index (χ0n) is 20.4. The second kappa shape index (κ2) is 9.09. The Balaban J connectivity index is 1.56. The van der Waals surface area contributed by atoms with Crippen LogP contribution in [0.25, 0.3) is 39.0 Å². The van der Waals surface area contributed by atoms with Gasteiger partial charge in [-0.1, -0.05) is 23.7 Å². The summed E-state index contributed by atoms with van der Waals surface area (Å²) in [7, 11) is 0. The lowest BCUT2D eigenvalue weighted by Gasteiger charge is -2.29. The molecule has 5 aromatic rings. The molecule has 7 rings (SSSR count). The van der Waals surface area contributed by atoms with Crippen LogP contribution in [0.2, 0.25) is 5.02 Å². The molecule has 1 atom stereocenters. The van der Waals surface area contributed by atoms with Crippen molar-refractivity contribution in [2.45, 2.75) is 25.9 Å². The summed E-state index contributed by atoms with van der Waals surface area (Å²) in [5.74, 6) is 2.33. The number of fused-ring (bicyclic) bond motifs is 2. The molecule has 2 fully saturated rings. The van der Waals surface area contributed by atoms with E-state index in [4.69, 9.17) is 26.1 Å². The molecule has 188 valence electrons. The van der Waals surface area contributed by atoms with Gasteiger partial charge in [0.2, 0.25) is 0 Å². The molecule has 9 nitrogen and oxygen atoms in total. The summed E-state index contributed by atoms with van der Waals surface area (Å²) in [6.45, 7) is 5.67. The van der Waals surface area contributed by atoms with Crippen molar-refractivity contribution >= 4 is 39.2 Å². The van der Waals surface area contributed by atoms with Gasteiger partial charge in [0.05, 0.1) is 35.0 Å². The summed E-state index contributed by atoms with van der Waals surface area (Å²) in [6, 6.07) is 12.3. The van der Waals surface area contributed by atoms with Crippen LogP contribution in [0.1, 0.15) is 30.6 Å². The quantitative estimate of drug-likeness (QED) is 0.359. The number of ether oxygens (including phenoxy) is 2. The van der Waals surface area contributed by atoms with E-state index >= 15 is 0 Å². The molecule has 2 saturated heterocycles. The number of aromatic amines is 1. The number of aromatic nitrogens is 6. The van der Waals surface area contributed by atoms with Crippen LogP contribution in [0.3, 0.4) is 0 Å². The van der Waals surface area contributed by atoms with Crippen molar-refractivity contribution in [3.63, 3.8) is 0 Å². The van der Waals surface area contributed by atoms with Crippen LogP contribution >= 0.6 is 11.6 Å². The van der Waals surface area contributed by atoms with Crippen LogP contribution in [0.4, 0.5) is 5.69 Å². The number of hydrogen-bond acceptors (Lipinski definition) is 7. The Morgan fingerprint density at radius 1 is 1.05 bits per heavy atom. The van der Waals surface area contributed by atoms with Crippen LogP contribution in [0, 0.1) is 6.92 Å². The van der Waals surface area contributed by atoms with E-state index in [-0.39, 0.29) is 6.10 Å². The number of benzene rings is 2. The van der Waals surface area contributed by atoms with Gasteiger partial charge in [-0.05, 0) is 44.0 Å². The number of pyridine rings is 1. The molecule has 0 bridgehead atoms. The molecule has 1 N–H and O–H groups in total. The first kappa shape index (κ1) is 22.7.